The first kappa shape index (κ1) is 18.5. The van der Waals surface area contributed by atoms with Crippen molar-refractivity contribution in [3.05, 3.63) is 48.0 Å². The number of carbonyl (C=O) groups excluding carboxylic acids is 1. The Morgan fingerprint density at radius 3 is 2.89 bits per heavy atom. The molecule has 1 saturated heterocycles. The number of H-pyrrole nitrogens is 1. The average Bonchev–Trinajstić information content (AvgIpc) is 3.26. The summed E-state index contributed by atoms with van der Waals surface area (Å²) in [6.07, 6.45) is 3.36. The molecule has 2 aromatic heterocycles. The van der Waals surface area contributed by atoms with E-state index in [4.69, 9.17) is 4.74 Å². The van der Waals surface area contributed by atoms with Gasteiger partial charge in [0.2, 0.25) is 0 Å². The van der Waals surface area contributed by atoms with Crippen molar-refractivity contribution < 1.29 is 13.9 Å². The van der Waals surface area contributed by atoms with Crippen LogP contribution < -0.4 is 0 Å². The van der Waals surface area contributed by atoms with Crippen LogP contribution in [0.5, 0.6) is 0 Å². The zero-order valence-corrected chi connectivity index (χ0v) is 15.7. The van der Waals surface area contributed by atoms with Gasteiger partial charge in [0, 0.05) is 50.4 Å². The number of rotatable bonds is 5. The molecule has 4 rings (SSSR count). The van der Waals surface area contributed by atoms with Crippen molar-refractivity contribution in [1.82, 2.24) is 25.0 Å². The molecule has 0 saturated carbocycles. The summed E-state index contributed by atoms with van der Waals surface area (Å²) in [5.41, 5.74) is 2.41. The second-order valence-electron chi connectivity index (χ2n) is 6.88. The third kappa shape index (κ3) is 3.88. The summed E-state index contributed by atoms with van der Waals surface area (Å²) >= 11 is 0. The first-order valence-corrected chi connectivity index (χ1v) is 9.27. The van der Waals surface area contributed by atoms with Gasteiger partial charge >= 0.3 is 0 Å². The lowest BCUT2D eigenvalue weighted by Crippen LogP contribution is -2.42. The molecule has 8 heteroatoms. The number of likely N-dealkylation sites (N-methyl/N-ethyl adjacent to an activating group) is 1. The Morgan fingerprint density at radius 1 is 1.32 bits per heavy atom. The minimum atomic E-state index is -0.393. The van der Waals surface area contributed by atoms with Crippen LogP contribution in [0.15, 0.2) is 36.7 Å². The van der Waals surface area contributed by atoms with Crippen LogP contribution in [0.4, 0.5) is 4.39 Å². The quantitative estimate of drug-likeness (QED) is 0.731. The number of aromatic amines is 1. The molecule has 1 N–H and O–H groups in total. The highest BCUT2D eigenvalue weighted by Crippen LogP contribution is 2.26. The molecule has 3 heterocycles. The molecule has 1 amide bonds. The number of halogens is 1. The van der Waals surface area contributed by atoms with E-state index >= 15 is 0 Å². The van der Waals surface area contributed by atoms with Gasteiger partial charge in [-0.05, 0) is 24.3 Å². The summed E-state index contributed by atoms with van der Waals surface area (Å²) in [7, 11) is 1.77. The van der Waals surface area contributed by atoms with Crippen molar-refractivity contribution in [2.75, 3.05) is 46.4 Å². The SMILES string of the molecule is CN(CCN1CCOCC1)C(=O)c1cc(-c2cn[nH]c2)nc2ccc(F)cc12. The van der Waals surface area contributed by atoms with Gasteiger partial charge < -0.3 is 9.64 Å². The molecule has 0 atom stereocenters. The molecule has 0 unspecified atom stereocenters. The van der Waals surface area contributed by atoms with E-state index in [1.54, 1.807) is 36.5 Å². The van der Waals surface area contributed by atoms with Crippen LogP contribution in [0.1, 0.15) is 10.4 Å². The number of hydrogen-bond acceptors (Lipinski definition) is 5. The molecular weight excluding hydrogens is 361 g/mol. The molecular formula is C20H22FN5O2. The van der Waals surface area contributed by atoms with Gasteiger partial charge in [-0.3, -0.25) is 14.8 Å². The third-order valence-electron chi connectivity index (χ3n) is 5.00. The fourth-order valence-corrected chi connectivity index (χ4v) is 3.34. The van der Waals surface area contributed by atoms with Gasteiger partial charge in [-0.1, -0.05) is 0 Å². The van der Waals surface area contributed by atoms with Crippen LogP contribution in [0.3, 0.4) is 0 Å². The van der Waals surface area contributed by atoms with Crippen LogP contribution in [-0.4, -0.2) is 77.3 Å². The molecule has 0 aliphatic carbocycles. The second kappa shape index (κ2) is 8.04. The molecule has 0 bridgehead atoms. The second-order valence-corrected chi connectivity index (χ2v) is 6.88. The maximum Gasteiger partial charge on any atom is 0.254 e. The van der Waals surface area contributed by atoms with Gasteiger partial charge in [0.25, 0.3) is 5.91 Å². The van der Waals surface area contributed by atoms with E-state index in [1.807, 2.05) is 0 Å². The predicted molar refractivity (Wildman–Crippen MR) is 104 cm³/mol. The van der Waals surface area contributed by atoms with E-state index in [-0.39, 0.29) is 5.91 Å². The number of aromatic nitrogens is 3. The van der Waals surface area contributed by atoms with Crippen molar-refractivity contribution in [1.29, 1.82) is 0 Å². The van der Waals surface area contributed by atoms with Crippen molar-refractivity contribution in [3.63, 3.8) is 0 Å². The van der Waals surface area contributed by atoms with Gasteiger partial charge in [-0.25, -0.2) is 9.37 Å². The normalized spacial score (nSPS) is 15.1. The summed E-state index contributed by atoms with van der Waals surface area (Å²) in [4.78, 5) is 21.7. The number of amides is 1. The standard InChI is InChI=1S/C20H22FN5O2/c1-25(4-5-26-6-8-28-9-7-26)20(27)17-11-19(14-12-22-23-13-14)24-18-3-2-15(21)10-16(17)18/h2-3,10-13H,4-9H2,1H3,(H,22,23). The van der Waals surface area contributed by atoms with E-state index < -0.39 is 5.82 Å². The Kier molecular flexibility index (Phi) is 5.31. The lowest BCUT2D eigenvalue weighted by atomic mass is 10.0. The van der Waals surface area contributed by atoms with E-state index in [0.29, 0.717) is 28.7 Å². The van der Waals surface area contributed by atoms with E-state index in [0.717, 1.165) is 38.4 Å². The van der Waals surface area contributed by atoms with Gasteiger partial charge in [-0.15, -0.1) is 0 Å². The molecule has 28 heavy (non-hydrogen) atoms. The monoisotopic (exact) mass is 383 g/mol. The average molecular weight is 383 g/mol. The molecule has 3 aromatic rings. The summed E-state index contributed by atoms with van der Waals surface area (Å²) in [5.74, 6) is -0.550. The number of fused-ring (bicyclic) bond motifs is 1. The third-order valence-corrected chi connectivity index (χ3v) is 5.00. The van der Waals surface area contributed by atoms with Crippen molar-refractivity contribution in [3.8, 4) is 11.3 Å². The zero-order valence-electron chi connectivity index (χ0n) is 15.7. The summed E-state index contributed by atoms with van der Waals surface area (Å²) in [6.45, 7) is 4.54. The minimum absolute atomic E-state index is 0.156. The van der Waals surface area contributed by atoms with Crippen LogP contribution in [0.2, 0.25) is 0 Å². The summed E-state index contributed by atoms with van der Waals surface area (Å²) in [5, 5.41) is 7.21. The number of hydrogen-bond donors (Lipinski definition) is 1. The van der Waals surface area contributed by atoms with Crippen LogP contribution in [0, 0.1) is 5.82 Å². The van der Waals surface area contributed by atoms with Crippen LogP contribution in [0.25, 0.3) is 22.2 Å². The Balaban J connectivity index is 1.63. The fraction of sp³-hybridized carbons (Fsp3) is 0.350. The van der Waals surface area contributed by atoms with Crippen molar-refractivity contribution in [2.24, 2.45) is 0 Å². The molecule has 0 radical (unpaired) electrons. The number of benzene rings is 1. The number of ether oxygens (including phenoxy) is 1. The van der Waals surface area contributed by atoms with Gasteiger partial charge in [0.15, 0.2) is 0 Å². The van der Waals surface area contributed by atoms with E-state index in [9.17, 15) is 9.18 Å². The Bertz CT molecular complexity index is 970. The number of carbonyl (C=O) groups is 1. The zero-order chi connectivity index (χ0) is 19.5. The molecule has 1 fully saturated rings. The number of morpholine rings is 1. The highest BCUT2D eigenvalue weighted by atomic mass is 19.1. The van der Waals surface area contributed by atoms with E-state index in [1.165, 1.54) is 12.1 Å². The molecule has 146 valence electrons. The fourth-order valence-electron chi connectivity index (χ4n) is 3.34. The number of pyridine rings is 1. The first-order chi connectivity index (χ1) is 13.6. The topological polar surface area (TPSA) is 74.3 Å². The Morgan fingerprint density at radius 2 is 2.14 bits per heavy atom. The smallest absolute Gasteiger partial charge is 0.254 e. The molecule has 7 nitrogen and oxygen atoms in total. The van der Waals surface area contributed by atoms with Crippen LogP contribution >= 0.6 is 0 Å². The maximum atomic E-state index is 13.9. The Hall–Kier alpha value is -2.84. The lowest BCUT2D eigenvalue weighted by Gasteiger charge is -2.28. The van der Waals surface area contributed by atoms with Crippen molar-refractivity contribution in [2.45, 2.75) is 0 Å². The summed E-state index contributed by atoms with van der Waals surface area (Å²) < 4.78 is 19.2. The Labute approximate surface area is 162 Å². The molecule has 1 aliphatic heterocycles. The maximum absolute atomic E-state index is 13.9. The first-order valence-electron chi connectivity index (χ1n) is 9.27. The molecule has 0 spiro atoms. The number of nitrogens with one attached hydrogen (secondary N) is 1. The largest absolute Gasteiger partial charge is 0.379 e. The van der Waals surface area contributed by atoms with Crippen molar-refractivity contribution >= 4 is 16.8 Å². The minimum Gasteiger partial charge on any atom is -0.379 e. The molecule has 1 aromatic carbocycles. The van der Waals surface area contributed by atoms with Gasteiger partial charge in [-0.2, -0.15) is 5.10 Å². The van der Waals surface area contributed by atoms with Gasteiger partial charge in [0.1, 0.15) is 5.82 Å². The van der Waals surface area contributed by atoms with E-state index in [2.05, 4.69) is 20.1 Å². The molecule has 1 aliphatic rings. The van der Waals surface area contributed by atoms with Gasteiger partial charge in [0.05, 0.1) is 36.2 Å². The highest BCUT2D eigenvalue weighted by Gasteiger charge is 2.19. The van der Waals surface area contributed by atoms with Crippen LogP contribution in [-0.2, 0) is 4.74 Å². The summed E-state index contributed by atoms with van der Waals surface area (Å²) in [6, 6.07) is 6.02. The predicted octanol–water partition coefficient (Wildman–Crippen LogP) is 2.17. The number of nitrogens with zero attached hydrogens (tertiary/aromatic N) is 4. The highest BCUT2D eigenvalue weighted by molar-refractivity contribution is 6.07. The lowest BCUT2D eigenvalue weighted by molar-refractivity contribution is 0.0338.